The molecule has 0 spiro atoms. The highest BCUT2D eigenvalue weighted by Gasteiger charge is 2.22. The van der Waals surface area contributed by atoms with Gasteiger partial charge in [0.15, 0.2) is 0 Å². The molecule has 0 atom stereocenters. The summed E-state index contributed by atoms with van der Waals surface area (Å²) < 4.78 is 5.91. The van der Waals surface area contributed by atoms with E-state index in [1.54, 1.807) is 0 Å². The lowest BCUT2D eigenvalue weighted by Gasteiger charge is -2.26. The first kappa shape index (κ1) is 14.9. The summed E-state index contributed by atoms with van der Waals surface area (Å²) in [6.07, 6.45) is 2.15. The Morgan fingerprint density at radius 2 is 1.77 bits per heavy atom. The Labute approximate surface area is 132 Å². The van der Waals surface area contributed by atoms with E-state index in [9.17, 15) is 0 Å². The lowest BCUT2D eigenvalue weighted by Crippen LogP contribution is -2.20. The largest absolute Gasteiger partial charge is 0.490 e. The molecule has 0 aliphatic carbocycles. The van der Waals surface area contributed by atoms with Crippen LogP contribution in [-0.4, -0.2) is 26.2 Å². The molecule has 0 saturated carbocycles. The zero-order valence-corrected chi connectivity index (χ0v) is 12.1. The van der Waals surface area contributed by atoms with Crippen molar-refractivity contribution < 1.29 is 4.74 Å². The zero-order chi connectivity index (χ0) is 14.1. The first-order valence-corrected chi connectivity index (χ1v) is 7.75. The van der Waals surface area contributed by atoms with Crippen molar-refractivity contribution in [3.8, 4) is 16.9 Å². The number of fused-ring (bicyclic) bond motifs is 2. The van der Waals surface area contributed by atoms with E-state index in [0.29, 0.717) is 0 Å². The van der Waals surface area contributed by atoms with Crippen molar-refractivity contribution in [1.29, 1.82) is 0 Å². The predicted molar refractivity (Wildman–Crippen MR) is 92.9 cm³/mol. The van der Waals surface area contributed by atoms with Crippen molar-refractivity contribution in [2.75, 3.05) is 31.6 Å². The third-order valence-corrected chi connectivity index (χ3v) is 4.34. The number of hydrogen-bond donors (Lipinski definition) is 2. The Morgan fingerprint density at radius 3 is 2.64 bits per heavy atom. The third-order valence-electron chi connectivity index (χ3n) is 4.34. The summed E-state index contributed by atoms with van der Waals surface area (Å²) in [5.41, 5.74) is 6.70. The van der Waals surface area contributed by atoms with E-state index in [1.807, 2.05) is 0 Å². The zero-order valence-electron chi connectivity index (χ0n) is 12.1. The van der Waals surface area contributed by atoms with E-state index in [-0.39, 0.29) is 7.43 Å². The first-order valence-electron chi connectivity index (χ1n) is 7.75. The quantitative estimate of drug-likeness (QED) is 0.845. The highest BCUT2D eigenvalue weighted by Crippen LogP contribution is 2.42. The van der Waals surface area contributed by atoms with Gasteiger partial charge >= 0.3 is 0 Å². The topological polar surface area (TPSA) is 33.3 Å². The second-order valence-electron chi connectivity index (χ2n) is 5.65. The fraction of sp³-hybridized carbons (Fsp3) is 0.368. The molecule has 2 N–H and O–H groups in total. The van der Waals surface area contributed by atoms with Crippen LogP contribution >= 0.6 is 0 Å². The number of rotatable bonds is 1. The fourth-order valence-electron chi connectivity index (χ4n) is 3.37. The average Bonchev–Trinajstić information content (AvgIpc) is 2.78. The van der Waals surface area contributed by atoms with E-state index in [2.05, 4.69) is 47.0 Å². The predicted octanol–water partition coefficient (Wildman–Crippen LogP) is 3.48. The van der Waals surface area contributed by atoms with Crippen molar-refractivity contribution in [3.05, 3.63) is 47.5 Å². The molecule has 3 heteroatoms. The van der Waals surface area contributed by atoms with E-state index < -0.39 is 0 Å². The van der Waals surface area contributed by atoms with Gasteiger partial charge < -0.3 is 15.4 Å². The average molecular weight is 296 g/mol. The van der Waals surface area contributed by atoms with Gasteiger partial charge in [0, 0.05) is 12.1 Å². The summed E-state index contributed by atoms with van der Waals surface area (Å²) in [5.74, 6) is 1.01. The van der Waals surface area contributed by atoms with Gasteiger partial charge in [-0.15, -0.1) is 0 Å². The minimum absolute atomic E-state index is 0. The molecule has 3 nitrogen and oxygen atoms in total. The summed E-state index contributed by atoms with van der Waals surface area (Å²) in [5, 5.41) is 7.06. The van der Waals surface area contributed by atoms with Gasteiger partial charge in [-0.05, 0) is 48.7 Å². The van der Waals surface area contributed by atoms with Crippen LogP contribution in [0, 0.1) is 0 Å². The number of hydrogen-bond acceptors (Lipinski definition) is 3. The lowest BCUT2D eigenvalue weighted by molar-refractivity contribution is 0.323. The van der Waals surface area contributed by atoms with Gasteiger partial charge in [-0.2, -0.15) is 0 Å². The number of nitrogens with one attached hydrogen (secondary N) is 2. The third kappa shape index (κ3) is 2.57. The molecule has 2 heterocycles. The van der Waals surface area contributed by atoms with Gasteiger partial charge in [0.25, 0.3) is 0 Å². The van der Waals surface area contributed by atoms with Crippen LogP contribution in [0.5, 0.6) is 5.75 Å². The van der Waals surface area contributed by atoms with Crippen LogP contribution in [0.15, 0.2) is 36.4 Å². The van der Waals surface area contributed by atoms with Crippen LogP contribution in [0.4, 0.5) is 5.69 Å². The summed E-state index contributed by atoms with van der Waals surface area (Å²) in [6, 6.07) is 12.9. The van der Waals surface area contributed by atoms with Crippen LogP contribution < -0.4 is 15.4 Å². The van der Waals surface area contributed by atoms with Crippen LogP contribution in [-0.2, 0) is 12.8 Å². The van der Waals surface area contributed by atoms with Crippen LogP contribution in [0.2, 0.25) is 0 Å². The molecule has 0 unspecified atom stereocenters. The molecule has 0 amide bonds. The highest BCUT2D eigenvalue weighted by molar-refractivity contribution is 5.86. The highest BCUT2D eigenvalue weighted by atomic mass is 16.5. The molecule has 2 aliphatic heterocycles. The molecular weight excluding hydrogens is 272 g/mol. The molecule has 4 rings (SSSR count). The van der Waals surface area contributed by atoms with Crippen LogP contribution in [0.1, 0.15) is 18.6 Å². The maximum atomic E-state index is 5.91. The van der Waals surface area contributed by atoms with Crippen molar-refractivity contribution in [2.24, 2.45) is 0 Å². The van der Waals surface area contributed by atoms with Crippen molar-refractivity contribution in [2.45, 2.75) is 20.3 Å². The second-order valence-corrected chi connectivity index (χ2v) is 5.65. The monoisotopic (exact) mass is 296 g/mol. The molecule has 116 valence electrons. The van der Waals surface area contributed by atoms with Gasteiger partial charge in [-0.3, -0.25) is 0 Å². The van der Waals surface area contributed by atoms with E-state index in [0.717, 1.165) is 44.8 Å². The molecule has 0 fully saturated rings. The summed E-state index contributed by atoms with van der Waals surface area (Å²) in [7, 11) is 0. The smallest absolute Gasteiger partial charge is 0.143 e. The van der Waals surface area contributed by atoms with Crippen molar-refractivity contribution >= 4 is 5.69 Å². The van der Waals surface area contributed by atoms with Crippen molar-refractivity contribution in [1.82, 2.24) is 5.32 Å². The Bertz CT molecular complexity index is 652. The molecule has 0 saturated heterocycles. The standard InChI is InChI=1S/C18H20N2O.CH4/c1-2-4-13(5-3-1)17-15-7-9-19-8-6-14(15)12-16-18(17)20-10-11-21-16;/h1-5,12,19-20H,6-11H2;1H4. The van der Waals surface area contributed by atoms with Gasteiger partial charge in [0.1, 0.15) is 12.4 Å². The maximum absolute atomic E-state index is 5.91. The first-order chi connectivity index (χ1) is 10.4. The number of benzene rings is 2. The van der Waals surface area contributed by atoms with E-state index in [1.165, 1.54) is 27.9 Å². The van der Waals surface area contributed by atoms with Gasteiger partial charge in [0.2, 0.25) is 0 Å². The molecule has 2 aromatic rings. The minimum atomic E-state index is 0. The molecule has 0 bridgehead atoms. The van der Waals surface area contributed by atoms with Gasteiger partial charge in [-0.1, -0.05) is 37.8 Å². The SMILES string of the molecule is C.c1ccc(-c2c3c(cc4c2NCCO4)CCNCC3)cc1. The van der Waals surface area contributed by atoms with E-state index >= 15 is 0 Å². The Hall–Kier alpha value is -2.00. The number of anilines is 1. The summed E-state index contributed by atoms with van der Waals surface area (Å²) in [6.45, 7) is 3.72. The molecule has 22 heavy (non-hydrogen) atoms. The maximum Gasteiger partial charge on any atom is 0.143 e. The van der Waals surface area contributed by atoms with Gasteiger partial charge in [0.05, 0.1) is 5.69 Å². The Balaban J connectivity index is 0.00000144. The summed E-state index contributed by atoms with van der Waals surface area (Å²) in [4.78, 5) is 0. The molecule has 2 aliphatic rings. The second kappa shape index (κ2) is 6.41. The Morgan fingerprint density at radius 1 is 0.955 bits per heavy atom. The lowest BCUT2D eigenvalue weighted by atomic mass is 9.90. The Kier molecular flexibility index (Phi) is 4.34. The molecule has 0 aromatic heterocycles. The fourth-order valence-corrected chi connectivity index (χ4v) is 3.37. The number of ether oxygens (including phenoxy) is 1. The van der Waals surface area contributed by atoms with E-state index in [4.69, 9.17) is 4.74 Å². The minimum Gasteiger partial charge on any atom is -0.490 e. The summed E-state index contributed by atoms with van der Waals surface area (Å²) >= 11 is 0. The molecule has 2 aromatic carbocycles. The normalized spacial score (nSPS) is 16.2. The van der Waals surface area contributed by atoms with Gasteiger partial charge in [-0.25, -0.2) is 0 Å². The van der Waals surface area contributed by atoms with Crippen LogP contribution in [0.25, 0.3) is 11.1 Å². The molecular formula is C19H24N2O. The molecule has 0 radical (unpaired) electrons. The van der Waals surface area contributed by atoms with Crippen molar-refractivity contribution in [3.63, 3.8) is 0 Å². The van der Waals surface area contributed by atoms with Crippen LogP contribution in [0.3, 0.4) is 0 Å².